The van der Waals surface area contributed by atoms with E-state index in [2.05, 4.69) is 0 Å². The van der Waals surface area contributed by atoms with Crippen molar-refractivity contribution in [2.75, 3.05) is 21.3 Å². The Labute approximate surface area is 102 Å². The lowest BCUT2D eigenvalue weighted by molar-refractivity contribution is -0.166. The molecular formula is C13H20O4. The minimum absolute atomic E-state index is 0.671. The van der Waals surface area contributed by atoms with Crippen LogP contribution in [0.5, 0.6) is 5.75 Å². The molecule has 0 bridgehead atoms. The number of benzene rings is 1. The maximum Gasteiger partial charge on any atom is 0.187 e. The smallest absolute Gasteiger partial charge is 0.187 e. The first kappa shape index (κ1) is 14.0. The van der Waals surface area contributed by atoms with Gasteiger partial charge in [0.05, 0.1) is 7.11 Å². The first-order chi connectivity index (χ1) is 8.06. The van der Waals surface area contributed by atoms with Crippen molar-refractivity contribution in [2.45, 2.75) is 26.2 Å². The summed E-state index contributed by atoms with van der Waals surface area (Å²) in [5.41, 5.74) is 2.79. The minimum Gasteiger partial charge on any atom is -0.496 e. The van der Waals surface area contributed by atoms with E-state index in [9.17, 15) is 5.11 Å². The molecule has 96 valence electrons. The highest BCUT2D eigenvalue weighted by Crippen LogP contribution is 2.33. The Kier molecular flexibility index (Phi) is 4.93. The third-order valence-corrected chi connectivity index (χ3v) is 2.95. The monoisotopic (exact) mass is 240 g/mol. The number of rotatable bonds is 5. The SMILES string of the molecule is COc1c(C(O)C(OC)OC)ccc(C)c1C. The van der Waals surface area contributed by atoms with Gasteiger partial charge in [0.1, 0.15) is 11.9 Å². The highest BCUT2D eigenvalue weighted by Gasteiger charge is 2.24. The number of ether oxygens (including phenoxy) is 3. The van der Waals surface area contributed by atoms with Gasteiger partial charge >= 0.3 is 0 Å². The summed E-state index contributed by atoms with van der Waals surface area (Å²) >= 11 is 0. The van der Waals surface area contributed by atoms with Gasteiger partial charge in [0.2, 0.25) is 0 Å². The first-order valence-electron chi connectivity index (χ1n) is 5.44. The second-order valence-electron chi connectivity index (χ2n) is 3.91. The summed E-state index contributed by atoms with van der Waals surface area (Å²) in [6, 6.07) is 3.77. The molecule has 0 amide bonds. The van der Waals surface area contributed by atoms with Crippen molar-refractivity contribution in [1.82, 2.24) is 0 Å². The normalized spacial score (nSPS) is 12.9. The predicted octanol–water partition coefficient (Wildman–Crippen LogP) is 1.96. The zero-order chi connectivity index (χ0) is 13.0. The summed E-state index contributed by atoms with van der Waals surface area (Å²) < 4.78 is 15.5. The molecule has 0 aromatic heterocycles. The molecule has 1 unspecified atom stereocenters. The van der Waals surface area contributed by atoms with Gasteiger partial charge in [-0.1, -0.05) is 12.1 Å². The molecule has 1 rings (SSSR count). The van der Waals surface area contributed by atoms with Crippen LogP contribution in [0.1, 0.15) is 22.8 Å². The Morgan fingerprint density at radius 1 is 1.06 bits per heavy atom. The molecule has 0 aliphatic heterocycles. The number of methoxy groups -OCH3 is 3. The Morgan fingerprint density at radius 3 is 2.12 bits per heavy atom. The van der Waals surface area contributed by atoms with Gasteiger partial charge in [0, 0.05) is 19.8 Å². The zero-order valence-electron chi connectivity index (χ0n) is 11.0. The van der Waals surface area contributed by atoms with E-state index >= 15 is 0 Å². The van der Waals surface area contributed by atoms with Gasteiger partial charge < -0.3 is 19.3 Å². The molecule has 0 radical (unpaired) electrons. The molecule has 0 spiro atoms. The predicted molar refractivity (Wildman–Crippen MR) is 65.2 cm³/mol. The summed E-state index contributed by atoms with van der Waals surface area (Å²) in [7, 11) is 4.57. The summed E-state index contributed by atoms with van der Waals surface area (Å²) in [5, 5.41) is 10.2. The van der Waals surface area contributed by atoms with Crippen molar-refractivity contribution in [2.24, 2.45) is 0 Å². The third-order valence-electron chi connectivity index (χ3n) is 2.95. The van der Waals surface area contributed by atoms with Crippen LogP contribution in [0.4, 0.5) is 0 Å². The Morgan fingerprint density at radius 2 is 1.65 bits per heavy atom. The van der Waals surface area contributed by atoms with Gasteiger partial charge in [0.25, 0.3) is 0 Å². The van der Waals surface area contributed by atoms with E-state index in [1.807, 2.05) is 26.0 Å². The largest absolute Gasteiger partial charge is 0.496 e. The quantitative estimate of drug-likeness (QED) is 0.799. The Bertz CT molecular complexity index is 372. The summed E-state index contributed by atoms with van der Waals surface area (Å²) in [6.07, 6.45) is -1.58. The maximum absolute atomic E-state index is 10.2. The van der Waals surface area contributed by atoms with E-state index in [4.69, 9.17) is 14.2 Å². The van der Waals surface area contributed by atoms with Crippen LogP contribution in [0, 0.1) is 13.8 Å². The van der Waals surface area contributed by atoms with Gasteiger partial charge in [0.15, 0.2) is 6.29 Å². The second-order valence-corrected chi connectivity index (χ2v) is 3.91. The number of hydrogen-bond donors (Lipinski definition) is 1. The van der Waals surface area contributed by atoms with Crippen LogP contribution in [0.15, 0.2) is 12.1 Å². The molecule has 17 heavy (non-hydrogen) atoms. The molecule has 0 aliphatic carbocycles. The first-order valence-corrected chi connectivity index (χ1v) is 5.44. The van der Waals surface area contributed by atoms with Gasteiger partial charge in [-0.05, 0) is 25.0 Å². The molecule has 4 heteroatoms. The number of aliphatic hydroxyl groups is 1. The van der Waals surface area contributed by atoms with Crippen molar-refractivity contribution >= 4 is 0 Å². The molecule has 0 heterocycles. The zero-order valence-corrected chi connectivity index (χ0v) is 11.0. The fraction of sp³-hybridized carbons (Fsp3) is 0.538. The average Bonchev–Trinajstić information content (AvgIpc) is 2.33. The van der Waals surface area contributed by atoms with Crippen LogP contribution >= 0.6 is 0 Å². The van der Waals surface area contributed by atoms with Gasteiger partial charge in [-0.3, -0.25) is 0 Å². The Balaban J connectivity index is 3.17. The molecule has 1 N–H and O–H groups in total. The Hall–Kier alpha value is -1.10. The molecular weight excluding hydrogens is 220 g/mol. The van der Waals surface area contributed by atoms with Crippen molar-refractivity contribution in [3.63, 3.8) is 0 Å². The van der Waals surface area contributed by atoms with Crippen molar-refractivity contribution in [1.29, 1.82) is 0 Å². The number of hydrogen-bond acceptors (Lipinski definition) is 4. The summed E-state index contributed by atoms with van der Waals surface area (Å²) in [6.45, 7) is 3.96. The fourth-order valence-electron chi connectivity index (χ4n) is 1.82. The standard InChI is InChI=1S/C13H20O4/c1-8-6-7-10(12(15-3)9(8)2)11(14)13(16-4)17-5/h6-7,11,13-14H,1-5H3. The highest BCUT2D eigenvalue weighted by molar-refractivity contribution is 5.46. The van der Waals surface area contributed by atoms with Crippen LogP contribution in [-0.4, -0.2) is 32.7 Å². The molecule has 1 aromatic carbocycles. The summed E-state index contributed by atoms with van der Waals surface area (Å²) in [4.78, 5) is 0. The van der Waals surface area contributed by atoms with Crippen LogP contribution in [0.3, 0.4) is 0 Å². The maximum atomic E-state index is 10.2. The van der Waals surface area contributed by atoms with Gasteiger partial charge in [-0.2, -0.15) is 0 Å². The molecule has 1 atom stereocenters. The third kappa shape index (κ3) is 2.77. The fourth-order valence-corrected chi connectivity index (χ4v) is 1.82. The van der Waals surface area contributed by atoms with Gasteiger partial charge in [-0.15, -0.1) is 0 Å². The van der Waals surface area contributed by atoms with E-state index < -0.39 is 12.4 Å². The van der Waals surface area contributed by atoms with Crippen LogP contribution in [0.2, 0.25) is 0 Å². The average molecular weight is 240 g/mol. The molecule has 4 nitrogen and oxygen atoms in total. The molecule has 0 saturated heterocycles. The van der Waals surface area contributed by atoms with Crippen molar-refractivity contribution < 1.29 is 19.3 Å². The molecule has 0 fully saturated rings. The highest BCUT2D eigenvalue weighted by atomic mass is 16.7. The lowest BCUT2D eigenvalue weighted by atomic mass is 10.0. The van der Waals surface area contributed by atoms with Gasteiger partial charge in [-0.25, -0.2) is 0 Å². The van der Waals surface area contributed by atoms with E-state index in [1.54, 1.807) is 7.11 Å². The van der Waals surface area contributed by atoms with Crippen molar-refractivity contribution in [3.05, 3.63) is 28.8 Å². The topological polar surface area (TPSA) is 47.9 Å². The summed E-state index contributed by atoms with van der Waals surface area (Å²) in [5.74, 6) is 0.677. The van der Waals surface area contributed by atoms with E-state index in [0.717, 1.165) is 11.1 Å². The van der Waals surface area contributed by atoms with Crippen LogP contribution < -0.4 is 4.74 Å². The van der Waals surface area contributed by atoms with E-state index in [0.29, 0.717) is 11.3 Å². The lowest BCUT2D eigenvalue weighted by Crippen LogP contribution is -2.23. The van der Waals surface area contributed by atoms with E-state index in [-0.39, 0.29) is 0 Å². The minimum atomic E-state index is -0.876. The second kappa shape index (κ2) is 6.00. The van der Waals surface area contributed by atoms with E-state index in [1.165, 1.54) is 14.2 Å². The van der Waals surface area contributed by atoms with Crippen LogP contribution in [0.25, 0.3) is 0 Å². The number of aryl methyl sites for hydroxylation is 1. The van der Waals surface area contributed by atoms with Crippen LogP contribution in [-0.2, 0) is 9.47 Å². The number of aliphatic hydroxyl groups excluding tert-OH is 1. The molecule has 1 aromatic rings. The van der Waals surface area contributed by atoms with Crippen molar-refractivity contribution in [3.8, 4) is 5.75 Å². The molecule has 0 saturated carbocycles. The molecule has 0 aliphatic rings. The lowest BCUT2D eigenvalue weighted by Gasteiger charge is -2.23.